The minimum Gasteiger partial charge on any atom is -0.508 e. The van der Waals surface area contributed by atoms with Gasteiger partial charge in [-0.1, -0.05) is 31.2 Å². The van der Waals surface area contributed by atoms with Gasteiger partial charge in [0, 0.05) is 11.8 Å². The minimum absolute atomic E-state index is 0.00478. The molecular formula is C21H28O3. The lowest BCUT2D eigenvalue weighted by Crippen LogP contribution is -2.50. The third-order valence-electron chi connectivity index (χ3n) is 7.49. The Hall–Kier alpha value is -1.48. The molecule has 3 heteroatoms. The van der Waals surface area contributed by atoms with Crippen LogP contribution in [0.15, 0.2) is 47.5 Å². The molecule has 2 saturated carbocycles. The summed E-state index contributed by atoms with van der Waals surface area (Å²) in [6, 6.07) is 0. The Morgan fingerprint density at radius 1 is 1.17 bits per heavy atom. The Labute approximate surface area is 144 Å². The van der Waals surface area contributed by atoms with E-state index in [1.807, 2.05) is 6.92 Å². The Bertz CT molecular complexity index is 671. The third-order valence-corrected chi connectivity index (χ3v) is 7.49. The molecule has 3 nitrogen and oxygen atoms in total. The van der Waals surface area contributed by atoms with Crippen LogP contribution in [0.1, 0.15) is 46.0 Å². The van der Waals surface area contributed by atoms with Crippen LogP contribution in [0.2, 0.25) is 0 Å². The van der Waals surface area contributed by atoms with Gasteiger partial charge in [-0.2, -0.15) is 0 Å². The van der Waals surface area contributed by atoms with Gasteiger partial charge in [-0.3, -0.25) is 0 Å². The summed E-state index contributed by atoms with van der Waals surface area (Å²) in [7, 11) is 0. The fraction of sp³-hybridized carbons (Fsp3) is 0.619. The largest absolute Gasteiger partial charge is 0.508 e. The predicted molar refractivity (Wildman–Crippen MR) is 94.4 cm³/mol. The van der Waals surface area contributed by atoms with Gasteiger partial charge in [-0.05, 0) is 67.4 Å². The van der Waals surface area contributed by atoms with Crippen molar-refractivity contribution in [3.63, 3.8) is 0 Å². The van der Waals surface area contributed by atoms with Crippen LogP contribution in [0.4, 0.5) is 0 Å². The highest BCUT2D eigenvalue weighted by molar-refractivity contribution is 5.46. The molecule has 0 heterocycles. The molecule has 6 atom stereocenters. The van der Waals surface area contributed by atoms with Gasteiger partial charge in [0.05, 0.1) is 6.10 Å². The van der Waals surface area contributed by atoms with Crippen LogP contribution in [0, 0.1) is 28.6 Å². The van der Waals surface area contributed by atoms with Gasteiger partial charge in [0.15, 0.2) is 5.76 Å². The Kier molecular flexibility index (Phi) is 3.51. The van der Waals surface area contributed by atoms with Crippen molar-refractivity contribution in [2.24, 2.45) is 28.6 Å². The normalized spacial score (nSPS) is 47.4. The van der Waals surface area contributed by atoms with Gasteiger partial charge < -0.3 is 15.3 Å². The number of fused-ring (bicyclic) bond motifs is 5. The molecule has 0 aromatic carbocycles. The zero-order chi connectivity index (χ0) is 17.1. The molecular weight excluding hydrogens is 300 g/mol. The first-order chi connectivity index (χ1) is 11.4. The van der Waals surface area contributed by atoms with Crippen molar-refractivity contribution in [1.29, 1.82) is 0 Å². The lowest BCUT2D eigenvalue weighted by molar-refractivity contribution is -0.0417. The molecule has 0 spiro atoms. The van der Waals surface area contributed by atoms with Crippen molar-refractivity contribution in [3.8, 4) is 0 Å². The van der Waals surface area contributed by atoms with E-state index in [0.29, 0.717) is 24.2 Å². The van der Waals surface area contributed by atoms with Gasteiger partial charge >= 0.3 is 0 Å². The highest BCUT2D eigenvalue weighted by atomic mass is 16.3. The summed E-state index contributed by atoms with van der Waals surface area (Å²) in [5.41, 5.74) is 0.914. The van der Waals surface area contributed by atoms with Gasteiger partial charge in [0.1, 0.15) is 5.76 Å². The van der Waals surface area contributed by atoms with Crippen LogP contribution in [-0.4, -0.2) is 21.4 Å². The molecule has 0 aromatic heterocycles. The van der Waals surface area contributed by atoms with Crippen LogP contribution in [0.25, 0.3) is 0 Å². The summed E-state index contributed by atoms with van der Waals surface area (Å²) >= 11 is 0. The number of aliphatic hydroxyl groups is 3. The monoisotopic (exact) mass is 328 g/mol. The second kappa shape index (κ2) is 5.26. The Morgan fingerprint density at radius 3 is 2.71 bits per heavy atom. The number of aliphatic hydroxyl groups excluding tert-OH is 3. The Morgan fingerprint density at radius 2 is 1.96 bits per heavy atom. The van der Waals surface area contributed by atoms with Crippen molar-refractivity contribution in [2.75, 3.05) is 0 Å². The van der Waals surface area contributed by atoms with E-state index < -0.39 is 0 Å². The molecule has 0 aromatic rings. The molecule has 0 saturated heterocycles. The Balaban J connectivity index is 1.80. The van der Waals surface area contributed by atoms with Crippen molar-refractivity contribution < 1.29 is 15.3 Å². The first-order valence-electron chi connectivity index (χ1n) is 9.26. The number of allylic oxidation sites excluding steroid dienone is 7. The number of rotatable bonds is 1. The van der Waals surface area contributed by atoms with E-state index in [-0.39, 0.29) is 28.5 Å². The van der Waals surface area contributed by atoms with Crippen LogP contribution in [0.5, 0.6) is 0 Å². The zero-order valence-corrected chi connectivity index (χ0v) is 14.6. The summed E-state index contributed by atoms with van der Waals surface area (Å²) in [5.74, 6) is 1.47. The van der Waals surface area contributed by atoms with E-state index in [0.717, 1.165) is 31.3 Å². The topological polar surface area (TPSA) is 60.7 Å². The van der Waals surface area contributed by atoms with Crippen LogP contribution < -0.4 is 0 Å². The van der Waals surface area contributed by atoms with Crippen molar-refractivity contribution in [1.82, 2.24) is 0 Å². The fourth-order valence-corrected chi connectivity index (χ4v) is 6.21. The average Bonchev–Trinajstić information content (AvgIpc) is 2.85. The van der Waals surface area contributed by atoms with E-state index in [4.69, 9.17) is 0 Å². The molecule has 24 heavy (non-hydrogen) atoms. The highest BCUT2D eigenvalue weighted by Gasteiger charge is 2.58. The van der Waals surface area contributed by atoms with Crippen LogP contribution >= 0.6 is 0 Å². The molecule has 2 fully saturated rings. The summed E-state index contributed by atoms with van der Waals surface area (Å²) in [4.78, 5) is 0. The van der Waals surface area contributed by atoms with E-state index >= 15 is 0 Å². The molecule has 2 unspecified atom stereocenters. The first kappa shape index (κ1) is 16.0. The van der Waals surface area contributed by atoms with E-state index in [1.54, 1.807) is 6.08 Å². The molecule has 4 aliphatic rings. The second-order valence-corrected chi connectivity index (χ2v) is 8.44. The van der Waals surface area contributed by atoms with Gasteiger partial charge in [0.25, 0.3) is 0 Å². The lowest BCUT2D eigenvalue weighted by Gasteiger charge is -2.55. The van der Waals surface area contributed by atoms with E-state index in [9.17, 15) is 15.3 Å². The lowest BCUT2D eigenvalue weighted by atomic mass is 9.49. The fourth-order valence-electron chi connectivity index (χ4n) is 6.21. The molecule has 3 N–H and O–H groups in total. The highest BCUT2D eigenvalue weighted by Crippen LogP contribution is 2.64. The van der Waals surface area contributed by atoms with E-state index in [1.165, 1.54) is 0 Å². The molecule has 4 aliphatic carbocycles. The molecule has 0 bridgehead atoms. The first-order valence-corrected chi connectivity index (χ1v) is 9.26. The maximum atomic E-state index is 10.5. The van der Waals surface area contributed by atoms with Gasteiger partial charge in [0.2, 0.25) is 0 Å². The predicted octanol–water partition coefficient (Wildman–Crippen LogP) is 4.58. The maximum absolute atomic E-state index is 10.5. The standard InChI is InChI=1S/C21H28O3/c1-3-9-21-12-18(23)17(22)11-13(21)4-5-14-15-6-7-19(24)20(15,2)10-8-16(14)21/h3-5,9,11,14-16,19,22-24H,6-8,10,12H2,1-2H3/t14-,15-,16-,19?,20-,21?/m0/s1. The number of hydrogen-bond donors (Lipinski definition) is 3. The SMILES string of the molecule is CC=CC12CC(O)=C(O)C=C1C=C[C@@H]1[C@@H]2CC[C@]2(C)C(O)CC[C@@H]12. The van der Waals surface area contributed by atoms with Gasteiger partial charge in [-0.25, -0.2) is 0 Å². The molecule has 0 radical (unpaired) electrons. The van der Waals surface area contributed by atoms with Crippen molar-refractivity contribution >= 4 is 0 Å². The number of hydrogen-bond acceptors (Lipinski definition) is 3. The average molecular weight is 328 g/mol. The van der Waals surface area contributed by atoms with Crippen LogP contribution in [0.3, 0.4) is 0 Å². The molecule has 0 aliphatic heterocycles. The minimum atomic E-state index is -0.223. The van der Waals surface area contributed by atoms with Crippen molar-refractivity contribution in [3.05, 3.63) is 47.5 Å². The van der Waals surface area contributed by atoms with Crippen LogP contribution in [-0.2, 0) is 0 Å². The summed E-state index contributed by atoms with van der Waals surface area (Å²) < 4.78 is 0. The zero-order valence-electron chi connectivity index (χ0n) is 14.6. The smallest absolute Gasteiger partial charge is 0.153 e. The molecule has 4 rings (SSSR count). The summed E-state index contributed by atoms with van der Waals surface area (Å²) in [5, 5.41) is 30.8. The molecule has 130 valence electrons. The summed E-state index contributed by atoms with van der Waals surface area (Å²) in [6.07, 6.45) is 14.9. The second-order valence-electron chi connectivity index (χ2n) is 8.44. The van der Waals surface area contributed by atoms with Gasteiger partial charge in [-0.15, -0.1) is 0 Å². The van der Waals surface area contributed by atoms with Crippen molar-refractivity contribution in [2.45, 2.75) is 52.1 Å². The van der Waals surface area contributed by atoms with E-state index in [2.05, 4.69) is 31.2 Å². The molecule has 0 amide bonds. The summed E-state index contributed by atoms with van der Waals surface area (Å²) in [6.45, 7) is 4.29. The maximum Gasteiger partial charge on any atom is 0.153 e. The quantitative estimate of drug-likeness (QED) is 0.617. The third kappa shape index (κ3) is 1.94.